The van der Waals surface area contributed by atoms with Gasteiger partial charge in [0.15, 0.2) is 5.69 Å². The minimum absolute atomic E-state index is 0.0615. The van der Waals surface area contributed by atoms with Crippen molar-refractivity contribution in [1.29, 1.82) is 0 Å². The minimum Gasteiger partial charge on any atom is -0.477 e. The van der Waals surface area contributed by atoms with Crippen molar-refractivity contribution in [3.63, 3.8) is 0 Å². The zero-order chi connectivity index (χ0) is 12.4. The van der Waals surface area contributed by atoms with Gasteiger partial charge >= 0.3 is 5.97 Å². The van der Waals surface area contributed by atoms with Gasteiger partial charge in [-0.15, -0.1) is 0 Å². The Hall–Kier alpha value is -1.69. The Morgan fingerprint density at radius 1 is 1.29 bits per heavy atom. The summed E-state index contributed by atoms with van der Waals surface area (Å²) in [6.45, 7) is 5.38. The summed E-state index contributed by atoms with van der Waals surface area (Å²) in [6.07, 6.45) is 0. The number of hydrogen-bond donors (Lipinski definition) is 1. The van der Waals surface area contributed by atoms with Crippen molar-refractivity contribution in [2.24, 2.45) is 0 Å². The first-order valence-corrected chi connectivity index (χ1v) is 5.59. The van der Waals surface area contributed by atoms with E-state index in [2.05, 4.69) is 26.8 Å². The minimum atomic E-state index is -1.01. The van der Waals surface area contributed by atoms with Crippen molar-refractivity contribution in [1.82, 2.24) is 14.9 Å². The molecule has 1 saturated heterocycles. The number of piperazine rings is 1. The fraction of sp³-hybridized carbons (Fsp3) is 0.545. The number of nitrogens with zero attached hydrogens (tertiary/aromatic N) is 4. The van der Waals surface area contributed by atoms with Gasteiger partial charge in [0.25, 0.3) is 0 Å². The number of aromatic carboxylic acids is 1. The average Bonchev–Trinajstić information content (AvgIpc) is 2.29. The molecule has 0 atom stereocenters. The van der Waals surface area contributed by atoms with Crippen molar-refractivity contribution in [3.8, 4) is 0 Å². The Morgan fingerprint density at radius 2 is 1.94 bits per heavy atom. The molecule has 0 amide bonds. The lowest BCUT2D eigenvalue weighted by Crippen LogP contribution is -2.45. The van der Waals surface area contributed by atoms with Gasteiger partial charge in [0.2, 0.25) is 0 Å². The molecule has 1 aromatic heterocycles. The molecular weight excluding hydrogens is 220 g/mol. The third-order valence-corrected chi connectivity index (χ3v) is 2.87. The van der Waals surface area contributed by atoms with E-state index in [4.69, 9.17) is 5.11 Å². The molecule has 1 N–H and O–H groups in total. The summed E-state index contributed by atoms with van der Waals surface area (Å²) in [6, 6.07) is 1.54. The number of aryl methyl sites for hydroxylation is 1. The molecule has 0 saturated carbocycles. The second kappa shape index (κ2) is 4.67. The fourth-order valence-electron chi connectivity index (χ4n) is 1.86. The maximum absolute atomic E-state index is 10.9. The van der Waals surface area contributed by atoms with E-state index in [0.29, 0.717) is 11.6 Å². The van der Waals surface area contributed by atoms with Gasteiger partial charge in [0, 0.05) is 32.2 Å². The number of anilines is 1. The molecule has 2 heterocycles. The first-order chi connectivity index (χ1) is 8.06. The van der Waals surface area contributed by atoms with Crippen molar-refractivity contribution in [2.45, 2.75) is 6.92 Å². The van der Waals surface area contributed by atoms with Crippen molar-refractivity contribution in [3.05, 3.63) is 17.6 Å². The molecule has 6 nitrogen and oxygen atoms in total. The molecular formula is C11H16N4O2. The lowest BCUT2D eigenvalue weighted by molar-refractivity contribution is 0.0690. The van der Waals surface area contributed by atoms with E-state index in [-0.39, 0.29) is 5.69 Å². The van der Waals surface area contributed by atoms with E-state index in [0.717, 1.165) is 26.2 Å². The molecule has 92 valence electrons. The number of hydrogen-bond acceptors (Lipinski definition) is 5. The van der Waals surface area contributed by atoms with Gasteiger partial charge in [-0.3, -0.25) is 0 Å². The van der Waals surface area contributed by atoms with Gasteiger partial charge in [-0.1, -0.05) is 0 Å². The number of rotatable bonds is 2. The van der Waals surface area contributed by atoms with Crippen molar-refractivity contribution < 1.29 is 9.90 Å². The first-order valence-electron chi connectivity index (χ1n) is 5.59. The molecule has 17 heavy (non-hydrogen) atoms. The van der Waals surface area contributed by atoms with Crippen LogP contribution in [0.1, 0.15) is 16.3 Å². The molecule has 0 aliphatic carbocycles. The molecule has 2 rings (SSSR count). The third-order valence-electron chi connectivity index (χ3n) is 2.87. The number of carboxylic acid groups (broad SMARTS) is 1. The van der Waals surface area contributed by atoms with Crippen LogP contribution in [-0.2, 0) is 0 Å². The number of carbonyl (C=O) groups is 1. The van der Waals surface area contributed by atoms with E-state index in [1.54, 1.807) is 13.0 Å². The van der Waals surface area contributed by atoms with Crippen molar-refractivity contribution >= 4 is 11.8 Å². The lowest BCUT2D eigenvalue weighted by Gasteiger charge is -2.33. The average molecular weight is 236 g/mol. The summed E-state index contributed by atoms with van der Waals surface area (Å²) in [7, 11) is 2.07. The van der Waals surface area contributed by atoms with Crippen LogP contribution in [0.4, 0.5) is 5.82 Å². The summed E-state index contributed by atoms with van der Waals surface area (Å²) in [5, 5.41) is 8.96. The molecule has 1 aromatic rings. The number of aromatic nitrogens is 2. The highest BCUT2D eigenvalue weighted by Crippen LogP contribution is 2.14. The Labute approximate surface area is 99.9 Å². The smallest absolute Gasteiger partial charge is 0.354 e. The standard InChI is InChI=1S/C11H16N4O2/c1-8-12-9(11(16)17)7-10(13-8)15-5-3-14(2)4-6-15/h7H,3-6H2,1-2H3,(H,16,17). The third kappa shape index (κ3) is 2.71. The Balaban J connectivity index is 2.23. The number of carboxylic acids is 1. The van der Waals surface area contributed by atoms with Gasteiger partial charge in [-0.05, 0) is 14.0 Å². The van der Waals surface area contributed by atoms with E-state index in [1.807, 2.05) is 0 Å². The van der Waals surface area contributed by atoms with Crippen LogP contribution in [0, 0.1) is 6.92 Å². The number of likely N-dealkylation sites (N-methyl/N-ethyl adjacent to an activating group) is 1. The second-order valence-electron chi connectivity index (χ2n) is 4.25. The van der Waals surface area contributed by atoms with E-state index in [1.165, 1.54) is 0 Å². The molecule has 0 bridgehead atoms. The molecule has 0 spiro atoms. The van der Waals surface area contributed by atoms with Crippen LogP contribution < -0.4 is 4.90 Å². The maximum atomic E-state index is 10.9. The predicted molar refractivity (Wildman–Crippen MR) is 63.4 cm³/mol. The van der Waals surface area contributed by atoms with Crippen LogP contribution in [0.5, 0.6) is 0 Å². The molecule has 0 radical (unpaired) electrons. The summed E-state index contributed by atoms with van der Waals surface area (Å²) >= 11 is 0. The van der Waals surface area contributed by atoms with Crippen LogP contribution in [0.25, 0.3) is 0 Å². The summed E-state index contributed by atoms with van der Waals surface area (Å²) in [5.74, 6) is 0.202. The van der Waals surface area contributed by atoms with Crippen LogP contribution in [0.2, 0.25) is 0 Å². The summed E-state index contributed by atoms with van der Waals surface area (Å²) < 4.78 is 0. The van der Waals surface area contributed by atoms with Crippen molar-refractivity contribution in [2.75, 3.05) is 38.1 Å². The van der Waals surface area contributed by atoms with Gasteiger partial charge in [-0.25, -0.2) is 14.8 Å². The lowest BCUT2D eigenvalue weighted by atomic mass is 10.3. The molecule has 6 heteroatoms. The largest absolute Gasteiger partial charge is 0.477 e. The molecule has 1 aliphatic heterocycles. The zero-order valence-corrected chi connectivity index (χ0v) is 10.1. The van der Waals surface area contributed by atoms with Gasteiger partial charge in [0.05, 0.1) is 0 Å². The summed E-state index contributed by atoms with van der Waals surface area (Å²) in [5.41, 5.74) is 0.0615. The molecule has 1 fully saturated rings. The zero-order valence-electron chi connectivity index (χ0n) is 10.1. The van der Waals surface area contributed by atoms with Gasteiger partial charge in [0.1, 0.15) is 11.6 Å². The highest BCUT2D eigenvalue weighted by Gasteiger charge is 2.17. The highest BCUT2D eigenvalue weighted by atomic mass is 16.4. The van der Waals surface area contributed by atoms with E-state index < -0.39 is 5.97 Å². The maximum Gasteiger partial charge on any atom is 0.354 e. The molecule has 1 aliphatic rings. The Morgan fingerprint density at radius 3 is 2.53 bits per heavy atom. The van der Waals surface area contributed by atoms with Crippen LogP contribution in [0.15, 0.2) is 6.07 Å². The highest BCUT2D eigenvalue weighted by molar-refractivity contribution is 5.86. The second-order valence-corrected chi connectivity index (χ2v) is 4.25. The fourth-order valence-corrected chi connectivity index (χ4v) is 1.86. The van der Waals surface area contributed by atoms with Crippen LogP contribution in [0.3, 0.4) is 0 Å². The van der Waals surface area contributed by atoms with E-state index in [9.17, 15) is 4.79 Å². The van der Waals surface area contributed by atoms with Gasteiger partial charge < -0.3 is 14.9 Å². The monoisotopic (exact) mass is 236 g/mol. The first kappa shape index (κ1) is 11.8. The molecule has 0 unspecified atom stereocenters. The van der Waals surface area contributed by atoms with Gasteiger partial charge in [-0.2, -0.15) is 0 Å². The SMILES string of the molecule is Cc1nc(C(=O)O)cc(N2CCN(C)CC2)n1. The molecule has 0 aromatic carbocycles. The topological polar surface area (TPSA) is 69.6 Å². The normalized spacial score (nSPS) is 17.2. The van der Waals surface area contributed by atoms with Crippen LogP contribution in [-0.4, -0.2) is 59.2 Å². The predicted octanol–water partition coefficient (Wildman–Crippen LogP) is 0.235. The Bertz CT molecular complexity index is 427. The Kier molecular flexibility index (Phi) is 3.23. The summed E-state index contributed by atoms with van der Waals surface area (Å²) in [4.78, 5) is 23.5. The quantitative estimate of drug-likeness (QED) is 0.793. The van der Waals surface area contributed by atoms with Crippen LogP contribution >= 0.6 is 0 Å². The van der Waals surface area contributed by atoms with E-state index >= 15 is 0 Å².